The van der Waals surface area contributed by atoms with Gasteiger partial charge in [0.25, 0.3) is 0 Å². The Balaban J connectivity index is 0.00000225. The normalized spacial score (nSPS) is 10.8. The van der Waals surface area contributed by atoms with Crippen molar-refractivity contribution < 1.29 is 51.7 Å². The van der Waals surface area contributed by atoms with Gasteiger partial charge in [-0.1, -0.05) is 11.6 Å². The number of rotatable bonds is 3. The maximum absolute atomic E-state index is 13.2. The van der Waals surface area contributed by atoms with Gasteiger partial charge in [0.1, 0.15) is 11.6 Å². The fourth-order valence-electron chi connectivity index (χ4n) is 1.04. The molecule has 0 radical (unpaired) electrons. The molecule has 0 N–H and O–H groups in total. The van der Waals surface area contributed by atoms with Gasteiger partial charge in [-0.2, -0.15) is 0 Å². The Morgan fingerprint density at radius 3 is 2.50 bits per heavy atom. The first-order chi connectivity index (χ1) is 6.85. The van der Waals surface area contributed by atoms with Crippen LogP contribution in [0, 0.1) is 5.82 Å². The number of hydrogen-bond donors (Lipinski definition) is 0. The predicted molar refractivity (Wildman–Crippen MR) is 51.4 cm³/mol. The molecule has 0 saturated heterocycles. The molecule has 84 valence electrons. The average Bonchev–Trinajstić information content (AvgIpc) is 2.11. The molecule has 0 spiro atoms. The molecule has 1 aromatic rings. The molecule has 0 amide bonds. The van der Waals surface area contributed by atoms with Crippen LogP contribution in [0.15, 0.2) is 12.1 Å². The summed E-state index contributed by atoms with van der Waals surface area (Å²) in [6.07, 6.45) is 0. The summed E-state index contributed by atoms with van der Waals surface area (Å²) in [6, 6.07) is 2.24. The molecule has 4 nitrogen and oxygen atoms in total. The second kappa shape index (κ2) is 6.18. The summed E-state index contributed by atoms with van der Waals surface area (Å²) in [7, 11) is -3.28. The maximum atomic E-state index is 13.2. The molecule has 0 aromatic heterocycles. The molecule has 16 heavy (non-hydrogen) atoms. The van der Waals surface area contributed by atoms with E-state index in [1.807, 2.05) is 0 Å². The Kier molecular flexibility index (Phi) is 6.24. The van der Waals surface area contributed by atoms with Crippen LogP contribution in [0.3, 0.4) is 0 Å². The number of ether oxygens (including phenoxy) is 1. The fourth-order valence-corrected chi connectivity index (χ4v) is 2.06. The van der Waals surface area contributed by atoms with Crippen LogP contribution in [0.1, 0.15) is 5.56 Å². The van der Waals surface area contributed by atoms with Crippen molar-refractivity contribution in [3.05, 3.63) is 28.5 Å². The van der Waals surface area contributed by atoms with E-state index in [1.165, 1.54) is 13.2 Å². The molecule has 0 aliphatic rings. The molecular weight excluding hydrogens is 270 g/mol. The molecule has 0 saturated carbocycles. The van der Waals surface area contributed by atoms with Crippen molar-refractivity contribution in [2.45, 2.75) is 5.75 Å². The summed E-state index contributed by atoms with van der Waals surface area (Å²) < 4.78 is 49.4. The zero-order chi connectivity index (χ0) is 11.6. The van der Waals surface area contributed by atoms with Gasteiger partial charge in [0.15, 0.2) is 0 Å². The zero-order valence-corrected chi connectivity index (χ0v) is 12.2. The van der Waals surface area contributed by atoms with Crippen LogP contribution in [0.25, 0.3) is 0 Å². The van der Waals surface area contributed by atoms with Crippen LogP contribution in [0.2, 0.25) is 5.02 Å². The van der Waals surface area contributed by atoms with E-state index in [-0.39, 0.29) is 45.9 Å². The number of benzene rings is 1. The van der Waals surface area contributed by atoms with Gasteiger partial charge in [0.2, 0.25) is 0 Å². The molecule has 0 atom stereocenters. The average molecular weight is 277 g/mol. The third kappa shape index (κ3) is 4.20. The van der Waals surface area contributed by atoms with E-state index < -0.39 is 21.7 Å². The number of halogens is 2. The third-order valence-corrected chi connectivity index (χ3v) is 2.75. The SMILES string of the molecule is COc1ccc(F)c(CS(=O)(=O)[O-])c1Cl.[Na+]. The second-order valence-electron chi connectivity index (χ2n) is 2.74. The molecule has 1 aromatic carbocycles. The maximum Gasteiger partial charge on any atom is 1.00 e. The van der Waals surface area contributed by atoms with Gasteiger partial charge in [-0.25, -0.2) is 12.8 Å². The Labute approximate surface area is 120 Å². The van der Waals surface area contributed by atoms with Gasteiger partial charge in [-0.15, -0.1) is 0 Å². The van der Waals surface area contributed by atoms with Crippen molar-refractivity contribution in [3.63, 3.8) is 0 Å². The van der Waals surface area contributed by atoms with E-state index in [0.29, 0.717) is 0 Å². The van der Waals surface area contributed by atoms with E-state index in [4.69, 9.17) is 16.3 Å². The van der Waals surface area contributed by atoms with Crippen molar-refractivity contribution in [3.8, 4) is 5.75 Å². The van der Waals surface area contributed by atoms with Crippen LogP contribution in [-0.2, 0) is 15.9 Å². The summed E-state index contributed by atoms with van der Waals surface area (Å²) in [5, 5.41) is -0.197. The van der Waals surface area contributed by atoms with Crippen LogP contribution in [-0.4, -0.2) is 20.1 Å². The third-order valence-electron chi connectivity index (χ3n) is 1.69. The summed E-state index contributed by atoms with van der Waals surface area (Å²) in [4.78, 5) is 0. The van der Waals surface area contributed by atoms with E-state index in [1.54, 1.807) is 0 Å². The monoisotopic (exact) mass is 276 g/mol. The molecule has 0 unspecified atom stereocenters. The Morgan fingerprint density at radius 2 is 2.06 bits per heavy atom. The fraction of sp³-hybridized carbons (Fsp3) is 0.250. The first-order valence-corrected chi connectivity index (χ1v) is 5.75. The minimum absolute atomic E-state index is 0. The van der Waals surface area contributed by atoms with Crippen molar-refractivity contribution in [2.75, 3.05) is 7.11 Å². The van der Waals surface area contributed by atoms with Gasteiger partial charge >= 0.3 is 29.6 Å². The first-order valence-electron chi connectivity index (χ1n) is 3.79. The topological polar surface area (TPSA) is 66.4 Å². The van der Waals surface area contributed by atoms with Crippen LogP contribution < -0.4 is 34.3 Å². The molecule has 8 heteroatoms. The summed E-state index contributed by atoms with van der Waals surface area (Å²) in [5.74, 6) is -1.72. The quantitative estimate of drug-likeness (QED) is 0.500. The Bertz CT molecular complexity index is 477. The van der Waals surface area contributed by atoms with Crippen molar-refractivity contribution in [1.82, 2.24) is 0 Å². The van der Waals surface area contributed by atoms with Gasteiger partial charge in [-0.3, -0.25) is 0 Å². The van der Waals surface area contributed by atoms with Gasteiger partial charge < -0.3 is 9.29 Å². The molecule has 0 bridgehead atoms. The van der Waals surface area contributed by atoms with Crippen LogP contribution in [0.4, 0.5) is 4.39 Å². The van der Waals surface area contributed by atoms with Crippen molar-refractivity contribution >= 4 is 21.7 Å². The molecule has 0 aliphatic carbocycles. The first kappa shape index (κ1) is 16.1. The molecule has 0 fully saturated rings. The van der Waals surface area contributed by atoms with Crippen molar-refractivity contribution in [1.29, 1.82) is 0 Å². The summed E-state index contributed by atoms with van der Waals surface area (Å²) in [5.41, 5.74) is -0.369. The van der Waals surface area contributed by atoms with Crippen LogP contribution in [0.5, 0.6) is 5.75 Å². The van der Waals surface area contributed by atoms with Gasteiger partial charge in [0, 0.05) is 5.56 Å². The molecule has 1 rings (SSSR count). The predicted octanol–water partition coefficient (Wildman–Crippen LogP) is -1.46. The Morgan fingerprint density at radius 1 is 1.50 bits per heavy atom. The van der Waals surface area contributed by atoms with E-state index in [9.17, 15) is 17.4 Å². The smallest absolute Gasteiger partial charge is 0.748 e. The van der Waals surface area contributed by atoms with Gasteiger partial charge in [0.05, 0.1) is 28.0 Å². The van der Waals surface area contributed by atoms with E-state index in [2.05, 4.69) is 0 Å². The van der Waals surface area contributed by atoms with E-state index in [0.717, 1.165) is 6.07 Å². The molecule has 0 heterocycles. The molecular formula is C8H7ClFNaO4S. The van der Waals surface area contributed by atoms with E-state index >= 15 is 0 Å². The number of hydrogen-bond acceptors (Lipinski definition) is 4. The van der Waals surface area contributed by atoms with Gasteiger partial charge in [-0.05, 0) is 12.1 Å². The molecule has 0 aliphatic heterocycles. The summed E-state index contributed by atoms with van der Waals surface area (Å²) in [6.45, 7) is 0. The minimum atomic E-state index is -4.58. The largest absolute Gasteiger partial charge is 1.00 e. The Hall–Kier alpha value is 0.150. The minimum Gasteiger partial charge on any atom is -0.748 e. The van der Waals surface area contributed by atoms with Crippen molar-refractivity contribution in [2.24, 2.45) is 0 Å². The standard InChI is InChI=1S/C8H8ClFO4S.Na/c1-14-7-3-2-6(10)5(8(7)9)4-15(11,12)13;/h2-3H,4H2,1H3,(H,11,12,13);/q;+1/p-1. The number of methoxy groups -OCH3 is 1. The van der Waals surface area contributed by atoms with Crippen LogP contribution >= 0.6 is 11.6 Å². The second-order valence-corrected chi connectivity index (χ2v) is 4.53. The summed E-state index contributed by atoms with van der Waals surface area (Å²) >= 11 is 5.65. The zero-order valence-electron chi connectivity index (χ0n) is 8.66.